The molecule has 0 atom stereocenters. The van der Waals surface area contributed by atoms with Gasteiger partial charge in [0.05, 0.1) is 39.6 Å². The Morgan fingerprint density at radius 2 is 1.77 bits per heavy atom. The number of rotatable bonds is 7. The van der Waals surface area contributed by atoms with Gasteiger partial charge in [0.15, 0.2) is 6.29 Å². The van der Waals surface area contributed by atoms with Gasteiger partial charge in [-0.3, -0.25) is 14.5 Å². The van der Waals surface area contributed by atoms with Crippen molar-refractivity contribution in [2.45, 2.75) is 32.9 Å². The number of carbonyl (C=O) groups excluding carboxylic acids is 2. The van der Waals surface area contributed by atoms with Gasteiger partial charge in [-0.15, -0.1) is 0 Å². The van der Waals surface area contributed by atoms with Gasteiger partial charge in [0, 0.05) is 46.4 Å². The van der Waals surface area contributed by atoms with E-state index in [9.17, 15) is 9.59 Å². The molecule has 0 aliphatic heterocycles. The number of methoxy groups -OCH3 is 1. The molecule has 11 heteroatoms. The molecule has 0 aliphatic rings. The maximum Gasteiger partial charge on any atom is 0.407 e. The minimum Gasteiger partial charge on any atom is -0.481 e. The van der Waals surface area contributed by atoms with Crippen LogP contribution in [0.25, 0.3) is 44.5 Å². The Hall–Kier alpha value is -4.47. The van der Waals surface area contributed by atoms with Gasteiger partial charge in [-0.25, -0.2) is 9.78 Å². The number of aldehydes is 1. The van der Waals surface area contributed by atoms with E-state index in [1.165, 1.54) is 7.11 Å². The minimum atomic E-state index is -0.533. The lowest BCUT2D eigenvalue weighted by Gasteiger charge is -2.20. The number of ether oxygens (including phenoxy) is 2. The first-order chi connectivity index (χ1) is 20.5. The number of alkyl carbamates (subject to hydrolysis) is 1. The van der Waals surface area contributed by atoms with Crippen LogP contribution in [0.3, 0.4) is 0 Å². The predicted octanol–water partition coefficient (Wildman–Crippen LogP) is 7.52. The van der Waals surface area contributed by atoms with Crippen LogP contribution in [0.1, 0.15) is 36.8 Å². The van der Waals surface area contributed by atoms with Gasteiger partial charge in [0.25, 0.3) is 0 Å². The normalized spacial score (nSPS) is 11.4. The van der Waals surface area contributed by atoms with Crippen molar-refractivity contribution in [3.63, 3.8) is 0 Å². The molecule has 220 valence electrons. The molecular formula is C32H29Cl2N5O4. The highest BCUT2D eigenvalue weighted by atomic mass is 35.5. The monoisotopic (exact) mass is 617 g/mol. The van der Waals surface area contributed by atoms with Crippen molar-refractivity contribution in [3.05, 3.63) is 82.1 Å². The first-order valence-corrected chi connectivity index (χ1v) is 14.1. The van der Waals surface area contributed by atoms with Gasteiger partial charge in [-0.05, 0) is 51.1 Å². The van der Waals surface area contributed by atoms with E-state index in [0.717, 1.165) is 22.8 Å². The average Bonchev–Trinajstić information content (AvgIpc) is 3.30. The van der Waals surface area contributed by atoms with Crippen LogP contribution in [0.5, 0.6) is 5.88 Å². The largest absolute Gasteiger partial charge is 0.481 e. The van der Waals surface area contributed by atoms with E-state index >= 15 is 0 Å². The molecule has 0 aliphatic carbocycles. The van der Waals surface area contributed by atoms with Gasteiger partial charge in [0.2, 0.25) is 5.88 Å². The average molecular weight is 619 g/mol. The smallest absolute Gasteiger partial charge is 0.407 e. The zero-order valence-corrected chi connectivity index (χ0v) is 25.7. The van der Waals surface area contributed by atoms with E-state index in [2.05, 4.69) is 20.4 Å². The Morgan fingerprint density at radius 1 is 1.02 bits per heavy atom. The number of pyridine rings is 2. The van der Waals surface area contributed by atoms with Crippen LogP contribution in [0.2, 0.25) is 10.0 Å². The SMILES string of the molecule is COc1nc(-c2cccc(-c3ccnc(-c4ccc5c(C=O)nn(C)c5c4)c3Cl)c2Cl)ccc1COC(=O)NC(C)(C)C. The lowest BCUT2D eigenvalue weighted by Crippen LogP contribution is -2.40. The van der Waals surface area contributed by atoms with Crippen LogP contribution in [0.4, 0.5) is 4.79 Å². The highest BCUT2D eigenvalue weighted by molar-refractivity contribution is 6.39. The Bertz CT molecular complexity index is 1860. The zero-order chi connectivity index (χ0) is 30.9. The van der Waals surface area contributed by atoms with E-state index in [-0.39, 0.29) is 6.61 Å². The number of fused-ring (bicyclic) bond motifs is 1. The van der Waals surface area contributed by atoms with E-state index in [1.54, 1.807) is 36.1 Å². The third kappa shape index (κ3) is 6.18. The molecule has 3 aromatic heterocycles. The molecule has 0 saturated heterocycles. The molecule has 0 saturated carbocycles. The van der Waals surface area contributed by atoms with Crippen molar-refractivity contribution >= 4 is 46.5 Å². The maximum atomic E-state index is 12.1. The van der Waals surface area contributed by atoms with E-state index in [4.69, 9.17) is 32.7 Å². The van der Waals surface area contributed by atoms with Gasteiger partial charge in [-0.2, -0.15) is 5.10 Å². The van der Waals surface area contributed by atoms with Crippen molar-refractivity contribution in [1.82, 2.24) is 25.1 Å². The lowest BCUT2D eigenvalue weighted by atomic mass is 9.99. The van der Waals surface area contributed by atoms with E-state index in [0.29, 0.717) is 55.3 Å². The van der Waals surface area contributed by atoms with Gasteiger partial charge in [0.1, 0.15) is 12.3 Å². The molecule has 0 bridgehead atoms. The molecule has 2 aromatic carbocycles. The molecule has 0 radical (unpaired) electrons. The summed E-state index contributed by atoms with van der Waals surface area (Å²) in [6, 6.07) is 16.6. The number of aromatic nitrogens is 4. The third-order valence-corrected chi connectivity index (χ3v) is 7.48. The van der Waals surface area contributed by atoms with Crippen LogP contribution in [-0.4, -0.2) is 44.8 Å². The summed E-state index contributed by atoms with van der Waals surface area (Å²) < 4.78 is 12.5. The second-order valence-corrected chi connectivity index (χ2v) is 11.6. The highest BCUT2D eigenvalue weighted by Crippen LogP contribution is 2.42. The first kappa shape index (κ1) is 30.0. The Morgan fingerprint density at radius 3 is 2.49 bits per heavy atom. The van der Waals surface area contributed by atoms with Gasteiger partial charge < -0.3 is 14.8 Å². The Balaban J connectivity index is 1.48. The van der Waals surface area contributed by atoms with Gasteiger partial charge in [-0.1, -0.05) is 47.5 Å². The second-order valence-electron chi connectivity index (χ2n) is 10.9. The fourth-order valence-electron chi connectivity index (χ4n) is 4.70. The van der Waals surface area contributed by atoms with Crippen LogP contribution in [0, 0.1) is 0 Å². The van der Waals surface area contributed by atoms with Crippen molar-refractivity contribution in [2.24, 2.45) is 7.05 Å². The minimum absolute atomic E-state index is 0.0113. The molecule has 1 amide bonds. The highest BCUT2D eigenvalue weighted by Gasteiger charge is 2.20. The fourth-order valence-corrected chi connectivity index (χ4v) is 5.35. The van der Waals surface area contributed by atoms with Crippen molar-refractivity contribution < 1.29 is 19.1 Å². The summed E-state index contributed by atoms with van der Waals surface area (Å²) in [5, 5.41) is 8.64. The number of hydrogen-bond acceptors (Lipinski definition) is 7. The first-order valence-electron chi connectivity index (χ1n) is 13.4. The quantitative estimate of drug-likeness (QED) is 0.188. The number of halogens is 2. The number of nitrogens with zero attached hydrogens (tertiary/aromatic N) is 4. The number of hydrogen-bond donors (Lipinski definition) is 1. The van der Waals surface area contributed by atoms with E-state index < -0.39 is 11.6 Å². The van der Waals surface area contributed by atoms with Crippen LogP contribution in [0.15, 0.2) is 60.8 Å². The molecule has 5 aromatic rings. The van der Waals surface area contributed by atoms with Crippen LogP contribution in [-0.2, 0) is 18.4 Å². The van der Waals surface area contributed by atoms with E-state index in [1.807, 2.05) is 57.2 Å². The van der Waals surface area contributed by atoms with Crippen molar-refractivity contribution in [1.29, 1.82) is 0 Å². The molecule has 0 unspecified atom stereocenters. The van der Waals surface area contributed by atoms with Crippen LogP contribution < -0.4 is 10.1 Å². The summed E-state index contributed by atoms with van der Waals surface area (Å²) in [4.78, 5) is 32.7. The summed E-state index contributed by atoms with van der Waals surface area (Å²) in [5.41, 5.74) is 5.32. The second kappa shape index (κ2) is 12.0. The summed E-state index contributed by atoms with van der Waals surface area (Å²) in [6.45, 7) is 5.60. The number of aryl methyl sites for hydroxylation is 1. The Labute approximate surface area is 258 Å². The Kier molecular flexibility index (Phi) is 8.39. The zero-order valence-electron chi connectivity index (χ0n) is 24.2. The molecule has 3 heterocycles. The fraction of sp³-hybridized carbons (Fsp3) is 0.219. The van der Waals surface area contributed by atoms with Crippen LogP contribution >= 0.6 is 23.2 Å². The maximum absolute atomic E-state index is 12.1. The summed E-state index contributed by atoms with van der Waals surface area (Å²) >= 11 is 13.9. The van der Waals surface area contributed by atoms with Crippen molar-refractivity contribution in [2.75, 3.05) is 7.11 Å². The third-order valence-electron chi connectivity index (χ3n) is 6.69. The summed E-state index contributed by atoms with van der Waals surface area (Å²) in [5.74, 6) is 0.315. The number of amides is 1. The molecule has 5 rings (SSSR count). The number of benzene rings is 2. The lowest BCUT2D eigenvalue weighted by molar-refractivity contribution is 0.111. The summed E-state index contributed by atoms with van der Waals surface area (Å²) in [7, 11) is 3.28. The molecule has 0 spiro atoms. The molecule has 9 nitrogen and oxygen atoms in total. The van der Waals surface area contributed by atoms with Gasteiger partial charge >= 0.3 is 6.09 Å². The molecule has 43 heavy (non-hydrogen) atoms. The standard InChI is InChI=1S/C32H29Cl2N5O4/c1-32(2,3)37-31(41)43-17-19-10-12-24(36-30(19)42-5)23-8-6-7-20(27(23)33)21-13-14-35-29(28(21)34)18-9-11-22-25(16-40)38-39(4)26(22)15-18/h6-16H,17H2,1-5H3,(H,37,41). The molecule has 0 fully saturated rings. The molecular weight excluding hydrogens is 589 g/mol. The summed E-state index contributed by atoms with van der Waals surface area (Å²) in [6.07, 6.45) is 1.88. The molecule has 1 N–H and O–H groups in total. The number of nitrogens with one attached hydrogen (secondary N) is 1. The topological polar surface area (TPSA) is 108 Å². The van der Waals surface area contributed by atoms with Crippen molar-refractivity contribution in [3.8, 4) is 39.5 Å². The number of carbonyl (C=O) groups is 2. The predicted molar refractivity (Wildman–Crippen MR) is 168 cm³/mol.